The zero-order valence-electron chi connectivity index (χ0n) is 11.2. The largest absolute Gasteiger partial charge is 0.281 e. The van der Waals surface area contributed by atoms with Gasteiger partial charge in [0.1, 0.15) is 4.90 Å². The molecule has 0 aliphatic heterocycles. The van der Waals surface area contributed by atoms with E-state index >= 15 is 0 Å². The van der Waals surface area contributed by atoms with Crippen LogP contribution in [0, 0.1) is 12.8 Å². The normalized spacial score (nSPS) is 28.5. The van der Waals surface area contributed by atoms with E-state index in [4.69, 9.17) is 0 Å². The fourth-order valence-electron chi connectivity index (χ4n) is 2.85. The lowest BCUT2D eigenvalue weighted by atomic mass is 9.78. The highest BCUT2D eigenvalue weighted by Gasteiger charge is 2.38. The second kappa shape index (κ2) is 5.54. The number of hydrogen-bond donors (Lipinski definition) is 2. The van der Waals surface area contributed by atoms with Crippen LogP contribution in [-0.2, 0) is 10.0 Å². The molecular weight excluding hydrogens is 330 g/mol. The minimum atomic E-state index is -3.51. The maximum absolute atomic E-state index is 12.5. The molecule has 0 aromatic carbocycles. The number of aromatic nitrogens is 2. The standard InChI is InChI=1S/C12H20BrN3O2S/c1-9-4-3-5-12(6-9,8-13)16-19(17,18)11-7-14-15-10(11)2/h7,9,16H,3-6,8H2,1-2H3,(H,14,15). The van der Waals surface area contributed by atoms with E-state index in [1.807, 2.05) is 0 Å². The highest BCUT2D eigenvalue weighted by molar-refractivity contribution is 9.09. The zero-order valence-corrected chi connectivity index (χ0v) is 13.6. The molecule has 0 saturated heterocycles. The Morgan fingerprint density at radius 2 is 2.37 bits per heavy atom. The van der Waals surface area contributed by atoms with E-state index in [-0.39, 0.29) is 10.4 Å². The van der Waals surface area contributed by atoms with E-state index in [2.05, 4.69) is 37.8 Å². The Balaban J connectivity index is 2.25. The highest BCUT2D eigenvalue weighted by atomic mass is 79.9. The van der Waals surface area contributed by atoms with E-state index in [1.54, 1.807) is 6.92 Å². The molecule has 19 heavy (non-hydrogen) atoms. The van der Waals surface area contributed by atoms with Gasteiger partial charge in [0, 0.05) is 10.9 Å². The third-order valence-electron chi connectivity index (χ3n) is 3.77. The summed E-state index contributed by atoms with van der Waals surface area (Å²) < 4.78 is 27.8. The molecular formula is C12H20BrN3O2S. The molecule has 0 spiro atoms. The molecule has 1 fully saturated rings. The van der Waals surface area contributed by atoms with Crippen LogP contribution in [0.5, 0.6) is 0 Å². The minimum Gasteiger partial charge on any atom is -0.281 e. The van der Waals surface area contributed by atoms with Gasteiger partial charge in [-0.2, -0.15) is 5.10 Å². The van der Waals surface area contributed by atoms with Gasteiger partial charge in [-0.25, -0.2) is 13.1 Å². The molecule has 1 aromatic rings. The average Bonchev–Trinajstić information content (AvgIpc) is 2.75. The van der Waals surface area contributed by atoms with Crippen LogP contribution < -0.4 is 4.72 Å². The molecule has 0 amide bonds. The van der Waals surface area contributed by atoms with Crippen LogP contribution in [0.25, 0.3) is 0 Å². The van der Waals surface area contributed by atoms with Crippen molar-refractivity contribution in [1.29, 1.82) is 0 Å². The van der Waals surface area contributed by atoms with Gasteiger partial charge in [-0.3, -0.25) is 5.10 Å². The summed E-state index contributed by atoms with van der Waals surface area (Å²) in [6.45, 7) is 3.89. The van der Waals surface area contributed by atoms with Gasteiger partial charge in [-0.05, 0) is 25.7 Å². The molecule has 1 aliphatic rings. The molecule has 1 aromatic heterocycles. The summed E-state index contributed by atoms with van der Waals surface area (Å²) in [5, 5.41) is 7.10. The summed E-state index contributed by atoms with van der Waals surface area (Å²) >= 11 is 3.48. The van der Waals surface area contributed by atoms with E-state index in [1.165, 1.54) is 12.6 Å². The topological polar surface area (TPSA) is 74.8 Å². The molecule has 7 heteroatoms. The fourth-order valence-corrected chi connectivity index (χ4v) is 5.26. The summed E-state index contributed by atoms with van der Waals surface area (Å²) in [6.07, 6.45) is 5.33. The van der Waals surface area contributed by atoms with Crippen molar-refractivity contribution < 1.29 is 8.42 Å². The molecule has 5 nitrogen and oxygen atoms in total. The number of H-pyrrole nitrogens is 1. The number of halogens is 1. The van der Waals surface area contributed by atoms with Gasteiger partial charge in [0.2, 0.25) is 10.0 Å². The smallest absolute Gasteiger partial charge is 0.244 e. The van der Waals surface area contributed by atoms with Gasteiger partial charge >= 0.3 is 0 Å². The molecule has 2 atom stereocenters. The van der Waals surface area contributed by atoms with Crippen LogP contribution in [-0.4, -0.2) is 29.5 Å². The Morgan fingerprint density at radius 1 is 1.63 bits per heavy atom. The zero-order chi connectivity index (χ0) is 14.1. The number of aromatic amines is 1. The molecule has 1 saturated carbocycles. The van der Waals surface area contributed by atoms with E-state index in [0.717, 1.165) is 19.3 Å². The molecule has 1 aliphatic carbocycles. The number of sulfonamides is 1. The van der Waals surface area contributed by atoms with Crippen molar-refractivity contribution in [2.45, 2.75) is 50.0 Å². The van der Waals surface area contributed by atoms with E-state index in [0.29, 0.717) is 16.9 Å². The first-order valence-electron chi connectivity index (χ1n) is 6.48. The molecule has 0 radical (unpaired) electrons. The second-order valence-corrected chi connectivity index (χ2v) is 7.79. The molecule has 0 bridgehead atoms. The first-order valence-corrected chi connectivity index (χ1v) is 9.09. The summed E-state index contributed by atoms with van der Waals surface area (Å²) in [7, 11) is -3.51. The van der Waals surface area contributed by atoms with Crippen molar-refractivity contribution in [2.75, 3.05) is 5.33 Å². The summed E-state index contributed by atoms with van der Waals surface area (Å²) in [6, 6.07) is 0. The number of hydrogen-bond acceptors (Lipinski definition) is 3. The Bertz CT molecular complexity index is 543. The lowest BCUT2D eigenvalue weighted by Crippen LogP contribution is -2.52. The Labute approximate surface area is 122 Å². The lowest BCUT2D eigenvalue weighted by molar-refractivity contribution is 0.241. The van der Waals surface area contributed by atoms with Crippen molar-refractivity contribution in [3.05, 3.63) is 11.9 Å². The number of nitrogens with one attached hydrogen (secondary N) is 2. The molecule has 2 unspecified atom stereocenters. The van der Waals surface area contributed by atoms with Gasteiger partial charge in [-0.1, -0.05) is 35.7 Å². The summed E-state index contributed by atoms with van der Waals surface area (Å²) in [5.74, 6) is 0.541. The van der Waals surface area contributed by atoms with Crippen LogP contribution in [0.4, 0.5) is 0 Å². The SMILES string of the molecule is Cc1[nH]ncc1S(=O)(=O)NC1(CBr)CCCC(C)C1. The van der Waals surface area contributed by atoms with Crippen LogP contribution in [0.2, 0.25) is 0 Å². The number of nitrogens with zero attached hydrogens (tertiary/aromatic N) is 1. The maximum atomic E-state index is 12.5. The van der Waals surface area contributed by atoms with Crippen molar-refractivity contribution >= 4 is 26.0 Å². The molecule has 108 valence electrons. The Hall–Kier alpha value is -0.400. The molecule has 2 rings (SSSR count). The first-order chi connectivity index (χ1) is 8.88. The van der Waals surface area contributed by atoms with Crippen molar-refractivity contribution in [1.82, 2.24) is 14.9 Å². The predicted molar refractivity (Wildman–Crippen MR) is 77.8 cm³/mol. The lowest BCUT2D eigenvalue weighted by Gasteiger charge is -2.39. The minimum absolute atomic E-state index is 0.242. The van der Waals surface area contributed by atoms with Gasteiger partial charge in [0.15, 0.2) is 0 Å². The Morgan fingerprint density at radius 3 is 2.89 bits per heavy atom. The second-order valence-electron chi connectivity index (χ2n) is 5.58. The Kier molecular flexibility index (Phi) is 4.37. The number of rotatable bonds is 4. The summed E-state index contributed by atoms with van der Waals surface area (Å²) in [4.78, 5) is 0.242. The predicted octanol–water partition coefficient (Wildman–Crippen LogP) is 2.34. The quantitative estimate of drug-likeness (QED) is 0.819. The highest BCUT2D eigenvalue weighted by Crippen LogP contribution is 2.34. The number of aryl methyl sites for hydroxylation is 1. The third kappa shape index (κ3) is 3.20. The van der Waals surface area contributed by atoms with E-state index in [9.17, 15) is 8.42 Å². The fraction of sp³-hybridized carbons (Fsp3) is 0.750. The van der Waals surface area contributed by atoms with Gasteiger partial charge in [0.05, 0.1) is 11.9 Å². The van der Waals surface area contributed by atoms with Crippen molar-refractivity contribution in [3.8, 4) is 0 Å². The van der Waals surface area contributed by atoms with Crippen molar-refractivity contribution in [2.24, 2.45) is 5.92 Å². The van der Waals surface area contributed by atoms with Crippen LogP contribution >= 0.6 is 15.9 Å². The average molecular weight is 350 g/mol. The van der Waals surface area contributed by atoms with E-state index < -0.39 is 10.0 Å². The third-order valence-corrected chi connectivity index (χ3v) is 6.54. The molecule has 1 heterocycles. The first kappa shape index (κ1) is 15.0. The van der Waals surface area contributed by atoms with Crippen LogP contribution in [0.3, 0.4) is 0 Å². The van der Waals surface area contributed by atoms with Gasteiger partial charge in [0.25, 0.3) is 0 Å². The molecule has 2 N–H and O–H groups in total. The van der Waals surface area contributed by atoms with Gasteiger partial charge < -0.3 is 0 Å². The number of alkyl halides is 1. The van der Waals surface area contributed by atoms with Gasteiger partial charge in [-0.15, -0.1) is 0 Å². The maximum Gasteiger partial charge on any atom is 0.244 e. The van der Waals surface area contributed by atoms with Crippen LogP contribution in [0.1, 0.15) is 38.3 Å². The monoisotopic (exact) mass is 349 g/mol. The van der Waals surface area contributed by atoms with Crippen LogP contribution in [0.15, 0.2) is 11.1 Å². The van der Waals surface area contributed by atoms with Crippen molar-refractivity contribution in [3.63, 3.8) is 0 Å². The summed E-state index contributed by atoms with van der Waals surface area (Å²) in [5.41, 5.74) is 0.196.